The number of rotatable bonds is 14. The minimum Gasteiger partial charge on any atom is -0.444 e. The van der Waals surface area contributed by atoms with E-state index in [4.69, 9.17) is 4.74 Å². The molecule has 3 rings (SSSR count). The number of Topliss-reactive ketones (excluding diaryl/α,β-unsaturated/α-hetero) is 1. The number of amides is 6. The number of carbonyl (C=O) groups is 7. The predicted molar refractivity (Wildman–Crippen MR) is 192 cm³/mol. The summed E-state index contributed by atoms with van der Waals surface area (Å²) in [6, 6.07) is -2.40. The Morgan fingerprint density at radius 2 is 1.67 bits per heavy atom. The number of alkyl carbamates (subject to hydrolysis) is 1. The van der Waals surface area contributed by atoms with Crippen molar-refractivity contribution in [1.82, 2.24) is 31.1 Å². The van der Waals surface area contributed by atoms with E-state index in [0.717, 1.165) is 0 Å². The van der Waals surface area contributed by atoms with Crippen molar-refractivity contribution in [2.24, 2.45) is 22.7 Å². The number of ketones is 1. The molecular weight excluding hydrogens is 676 g/mol. The van der Waals surface area contributed by atoms with E-state index in [-0.39, 0.29) is 29.6 Å². The fourth-order valence-electron chi connectivity index (χ4n) is 6.59. The monoisotopic (exact) mass is 732 g/mol. The summed E-state index contributed by atoms with van der Waals surface area (Å²) < 4.78 is 5.43. The summed E-state index contributed by atoms with van der Waals surface area (Å²) in [5.74, 6) is -4.18. The third-order valence-corrected chi connectivity index (χ3v) is 10.2. The van der Waals surface area contributed by atoms with Crippen LogP contribution < -0.4 is 21.3 Å². The van der Waals surface area contributed by atoms with E-state index in [2.05, 4.69) is 21.3 Å². The second kappa shape index (κ2) is 16.1. The van der Waals surface area contributed by atoms with Gasteiger partial charge in [0, 0.05) is 20.6 Å². The fraction of sp³-hybridized carbons (Fsp3) is 0.694. The molecule has 0 aromatic carbocycles. The Hall–Kier alpha value is -4.01. The van der Waals surface area contributed by atoms with Crippen LogP contribution >= 0.6 is 11.3 Å². The third kappa shape index (κ3) is 10.3. The van der Waals surface area contributed by atoms with Crippen LogP contribution in [-0.2, 0) is 33.5 Å². The summed E-state index contributed by atoms with van der Waals surface area (Å²) in [6.45, 7) is 16.3. The molecule has 0 bridgehead atoms. The predicted octanol–water partition coefficient (Wildman–Crippen LogP) is 2.78. The Labute approximate surface area is 305 Å². The molecule has 0 spiro atoms. The smallest absolute Gasteiger partial charge is 0.408 e. The van der Waals surface area contributed by atoms with Gasteiger partial charge < -0.3 is 35.8 Å². The van der Waals surface area contributed by atoms with Gasteiger partial charge in [-0.1, -0.05) is 54.4 Å². The molecule has 6 amide bonds. The summed E-state index contributed by atoms with van der Waals surface area (Å²) in [4.78, 5) is 95.9. The van der Waals surface area contributed by atoms with Crippen molar-refractivity contribution in [1.29, 1.82) is 0 Å². The van der Waals surface area contributed by atoms with E-state index in [1.165, 1.54) is 21.1 Å². The van der Waals surface area contributed by atoms with E-state index >= 15 is 0 Å². The number of likely N-dealkylation sites (tertiary alicyclic amines) is 1. The van der Waals surface area contributed by atoms with Gasteiger partial charge in [0.05, 0.1) is 12.6 Å². The lowest BCUT2D eigenvalue weighted by Crippen LogP contribution is -2.60. The van der Waals surface area contributed by atoms with Crippen LogP contribution in [0.3, 0.4) is 0 Å². The molecule has 1 unspecified atom stereocenters. The maximum Gasteiger partial charge on any atom is 0.408 e. The molecule has 1 saturated carbocycles. The molecule has 14 nitrogen and oxygen atoms in total. The van der Waals surface area contributed by atoms with Crippen LogP contribution in [-0.4, -0.2) is 102 Å². The summed E-state index contributed by atoms with van der Waals surface area (Å²) in [5.41, 5.74) is -1.17. The highest BCUT2D eigenvalue weighted by atomic mass is 32.1. The first-order valence-electron chi connectivity index (χ1n) is 17.5. The lowest BCUT2D eigenvalue weighted by Gasteiger charge is -2.38. The van der Waals surface area contributed by atoms with E-state index in [1.807, 2.05) is 41.5 Å². The highest BCUT2D eigenvalue weighted by Crippen LogP contribution is 2.65. The summed E-state index contributed by atoms with van der Waals surface area (Å²) in [6.07, 6.45) is 0.623. The Bertz CT molecular complexity index is 1480. The lowest BCUT2D eigenvalue weighted by atomic mass is 9.85. The van der Waals surface area contributed by atoms with Crippen molar-refractivity contribution in [3.8, 4) is 0 Å². The van der Waals surface area contributed by atoms with E-state index in [0.29, 0.717) is 24.9 Å². The van der Waals surface area contributed by atoms with E-state index < -0.39 is 77.2 Å². The van der Waals surface area contributed by atoms with Crippen LogP contribution in [0.2, 0.25) is 0 Å². The number of thiophene rings is 1. The molecule has 4 N–H and O–H groups in total. The summed E-state index contributed by atoms with van der Waals surface area (Å²) in [7, 11) is 3.13. The first-order chi connectivity index (χ1) is 23.5. The van der Waals surface area contributed by atoms with Gasteiger partial charge in [0.25, 0.3) is 5.91 Å². The number of piperidine rings is 1. The second-order valence-electron chi connectivity index (χ2n) is 16.4. The zero-order valence-corrected chi connectivity index (χ0v) is 32.6. The standard InChI is InChI=1S/C36H56N6O8S/c1-12-13-14-22(27(44)30(46)37-17-23(43)39-25(31(47)41(10)11)20-15-16-51-19-20)38-29(45)26-24-21(36(24,8)9)18-42(26)32(48)28(34(2,3)4)40-33(49)50-35(5,6)7/h15-16,19,21-22,24-26,28H,12-14,17-18H2,1-11H3,(H,37,46)(H,38,45)(H,39,43)(H,40,49)/t21-,22?,24-,25-,26-,28+/m0/s1. The van der Waals surface area contributed by atoms with Crippen LogP contribution in [0, 0.1) is 22.7 Å². The molecule has 2 aliphatic rings. The lowest BCUT2D eigenvalue weighted by molar-refractivity contribution is -0.145. The van der Waals surface area contributed by atoms with Gasteiger partial charge in [-0.15, -0.1) is 0 Å². The maximum absolute atomic E-state index is 14.1. The van der Waals surface area contributed by atoms with Crippen LogP contribution in [0.5, 0.6) is 0 Å². The third-order valence-electron chi connectivity index (χ3n) is 9.52. The minimum absolute atomic E-state index is 0.0308. The zero-order valence-electron chi connectivity index (χ0n) is 31.8. The quantitative estimate of drug-likeness (QED) is 0.211. The zero-order chi connectivity index (χ0) is 38.6. The molecule has 1 saturated heterocycles. The SMILES string of the molecule is CCCCC(NC(=O)[C@@H]1[C@@H]2[C@H](CN1C(=O)[C@@H](NC(=O)OC(C)(C)C)C(C)(C)C)C2(C)C)C(=O)C(=O)NCC(=O)N[C@H](C(=O)N(C)C)c1ccsc1. The Kier molecular flexibility index (Phi) is 13.1. The van der Waals surface area contributed by atoms with Crippen molar-refractivity contribution in [2.75, 3.05) is 27.2 Å². The van der Waals surface area contributed by atoms with Gasteiger partial charge in [0.1, 0.15) is 23.7 Å². The van der Waals surface area contributed by atoms with Crippen molar-refractivity contribution in [3.63, 3.8) is 0 Å². The molecule has 51 heavy (non-hydrogen) atoms. The molecule has 2 fully saturated rings. The molecule has 1 aliphatic carbocycles. The number of likely N-dealkylation sites (N-methyl/N-ethyl adjacent to an activating group) is 1. The van der Waals surface area contributed by atoms with Crippen molar-refractivity contribution < 1.29 is 38.3 Å². The number of hydrogen-bond donors (Lipinski definition) is 4. The van der Waals surface area contributed by atoms with Gasteiger partial charge in [0.15, 0.2) is 0 Å². The van der Waals surface area contributed by atoms with Gasteiger partial charge >= 0.3 is 6.09 Å². The van der Waals surface area contributed by atoms with Gasteiger partial charge in [-0.3, -0.25) is 28.8 Å². The van der Waals surface area contributed by atoms with Crippen molar-refractivity contribution in [2.45, 2.75) is 111 Å². The number of fused-ring (bicyclic) bond motifs is 1. The second-order valence-corrected chi connectivity index (χ2v) is 17.2. The minimum atomic E-state index is -1.20. The average Bonchev–Trinajstić information content (AvgIpc) is 3.46. The molecule has 284 valence electrons. The highest BCUT2D eigenvalue weighted by molar-refractivity contribution is 7.08. The molecule has 1 aromatic heterocycles. The average molecular weight is 733 g/mol. The van der Waals surface area contributed by atoms with Crippen LogP contribution in [0.15, 0.2) is 16.8 Å². The van der Waals surface area contributed by atoms with Gasteiger partial charge in [0.2, 0.25) is 29.4 Å². The number of nitrogens with one attached hydrogen (secondary N) is 4. The topological polar surface area (TPSA) is 183 Å². The van der Waals surface area contributed by atoms with Crippen molar-refractivity contribution >= 4 is 52.7 Å². The first-order valence-corrected chi connectivity index (χ1v) is 18.4. The van der Waals surface area contributed by atoms with Crippen LogP contribution in [0.4, 0.5) is 4.79 Å². The molecule has 2 heterocycles. The Morgan fingerprint density at radius 1 is 1.02 bits per heavy atom. The normalized spacial score (nSPS) is 20.9. The highest BCUT2D eigenvalue weighted by Gasteiger charge is 2.70. The number of ether oxygens (including phenoxy) is 1. The van der Waals surface area contributed by atoms with Crippen molar-refractivity contribution in [3.05, 3.63) is 22.4 Å². The molecule has 0 radical (unpaired) electrons. The van der Waals surface area contributed by atoms with E-state index in [1.54, 1.807) is 51.7 Å². The molecule has 1 aliphatic heterocycles. The number of hydrogen-bond acceptors (Lipinski definition) is 9. The maximum atomic E-state index is 14.1. The Morgan fingerprint density at radius 3 is 2.20 bits per heavy atom. The number of nitrogens with zero attached hydrogens (tertiary/aromatic N) is 2. The summed E-state index contributed by atoms with van der Waals surface area (Å²) >= 11 is 1.37. The van der Waals surface area contributed by atoms with Crippen LogP contribution in [0.1, 0.15) is 93.2 Å². The molecule has 6 atom stereocenters. The van der Waals surface area contributed by atoms with Crippen LogP contribution in [0.25, 0.3) is 0 Å². The molecular formula is C36H56N6O8S. The largest absolute Gasteiger partial charge is 0.444 e. The molecule has 15 heteroatoms. The number of unbranched alkanes of at least 4 members (excludes halogenated alkanes) is 1. The van der Waals surface area contributed by atoms with Gasteiger partial charge in [-0.25, -0.2) is 4.79 Å². The number of carbonyl (C=O) groups excluding carboxylic acids is 7. The van der Waals surface area contributed by atoms with Gasteiger partial charge in [-0.2, -0.15) is 11.3 Å². The van der Waals surface area contributed by atoms with E-state index in [9.17, 15) is 33.6 Å². The summed E-state index contributed by atoms with van der Waals surface area (Å²) in [5, 5.41) is 13.9. The van der Waals surface area contributed by atoms with Gasteiger partial charge in [-0.05, 0) is 72.2 Å². The Balaban J connectivity index is 1.75. The molecule has 1 aromatic rings. The first kappa shape index (κ1) is 41.4. The fourth-order valence-corrected chi connectivity index (χ4v) is 7.28.